The van der Waals surface area contributed by atoms with Crippen LogP contribution in [0.3, 0.4) is 0 Å². The van der Waals surface area contributed by atoms with Gasteiger partial charge in [0.2, 0.25) is 5.91 Å². The molecular weight excluding hydrogens is 282 g/mol. The van der Waals surface area contributed by atoms with Crippen molar-refractivity contribution in [2.24, 2.45) is 0 Å². The number of carboxylic acid groups (broad SMARTS) is 1. The molecule has 1 fully saturated rings. The van der Waals surface area contributed by atoms with E-state index in [1.54, 1.807) is 10.9 Å². The average Bonchev–Trinajstić information content (AvgIpc) is 2.91. The van der Waals surface area contributed by atoms with Crippen LogP contribution in [0.4, 0.5) is 0 Å². The Labute approximate surface area is 128 Å². The lowest BCUT2D eigenvalue weighted by atomic mass is 9.81. The van der Waals surface area contributed by atoms with Crippen molar-refractivity contribution in [1.82, 2.24) is 15.1 Å². The third-order valence-electron chi connectivity index (χ3n) is 4.34. The number of carbonyl (C=O) groups excluding carboxylic acids is 1. The van der Waals surface area contributed by atoms with Crippen molar-refractivity contribution >= 4 is 22.8 Å². The molecule has 1 aromatic heterocycles. The van der Waals surface area contributed by atoms with Crippen LogP contribution in [0.2, 0.25) is 0 Å². The summed E-state index contributed by atoms with van der Waals surface area (Å²) >= 11 is 0. The lowest BCUT2D eigenvalue weighted by Crippen LogP contribution is -2.56. The SMILES string of the molecule is O=C(Cn1ncc2ccccc21)NC1(C(=O)O)CCCCC1. The fourth-order valence-electron chi connectivity index (χ4n) is 3.14. The van der Waals surface area contributed by atoms with Crippen LogP contribution in [0.25, 0.3) is 10.9 Å². The number of nitrogens with one attached hydrogen (secondary N) is 1. The van der Waals surface area contributed by atoms with Crippen molar-refractivity contribution in [3.05, 3.63) is 30.5 Å². The van der Waals surface area contributed by atoms with Crippen molar-refractivity contribution in [1.29, 1.82) is 0 Å². The van der Waals surface area contributed by atoms with Crippen LogP contribution in [0, 0.1) is 0 Å². The van der Waals surface area contributed by atoms with Crippen molar-refractivity contribution in [2.45, 2.75) is 44.2 Å². The first-order valence-electron chi connectivity index (χ1n) is 7.56. The molecule has 1 saturated carbocycles. The smallest absolute Gasteiger partial charge is 0.329 e. The molecule has 1 amide bonds. The topological polar surface area (TPSA) is 84.2 Å². The highest BCUT2D eigenvalue weighted by Crippen LogP contribution is 2.28. The van der Waals surface area contributed by atoms with Crippen LogP contribution >= 0.6 is 0 Å². The van der Waals surface area contributed by atoms with Gasteiger partial charge in [-0.05, 0) is 18.9 Å². The van der Waals surface area contributed by atoms with E-state index in [-0.39, 0.29) is 12.5 Å². The number of nitrogens with zero attached hydrogens (tertiary/aromatic N) is 2. The van der Waals surface area contributed by atoms with E-state index in [2.05, 4.69) is 10.4 Å². The summed E-state index contributed by atoms with van der Waals surface area (Å²) in [6, 6.07) is 7.62. The number of aromatic nitrogens is 2. The first-order chi connectivity index (χ1) is 10.6. The maximum absolute atomic E-state index is 12.3. The quantitative estimate of drug-likeness (QED) is 0.904. The average molecular weight is 301 g/mol. The zero-order valence-corrected chi connectivity index (χ0v) is 12.3. The molecule has 22 heavy (non-hydrogen) atoms. The molecule has 0 unspecified atom stereocenters. The number of amides is 1. The Hall–Kier alpha value is -2.37. The Morgan fingerprint density at radius 1 is 1.23 bits per heavy atom. The summed E-state index contributed by atoms with van der Waals surface area (Å²) in [6.07, 6.45) is 5.38. The molecule has 0 saturated heterocycles. The molecular formula is C16H19N3O3. The molecule has 6 heteroatoms. The molecule has 1 aliphatic rings. The summed E-state index contributed by atoms with van der Waals surface area (Å²) in [5.41, 5.74) is -0.246. The van der Waals surface area contributed by atoms with Gasteiger partial charge in [-0.25, -0.2) is 4.79 Å². The molecule has 0 bridgehead atoms. The number of carbonyl (C=O) groups is 2. The number of fused-ring (bicyclic) bond motifs is 1. The predicted molar refractivity (Wildman–Crippen MR) is 81.3 cm³/mol. The van der Waals surface area contributed by atoms with Crippen molar-refractivity contribution in [3.8, 4) is 0 Å². The highest BCUT2D eigenvalue weighted by molar-refractivity contribution is 5.88. The van der Waals surface area contributed by atoms with Gasteiger partial charge in [-0.3, -0.25) is 9.48 Å². The Kier molecular flexibility index (Phi) is 3.83. The van der Waals surface area contributed by atoms with Gasteiger partial charge in [0.1, 0.15) is 12.1 Å². The van der Waals surface area contributed by atoms with Crippen LogP contribution < -0.4 is 5.32 Å². The van der Waals surface area contributed by atoms with Gasteiger partial charge in [-0.1, -0.05) is 37.5 Å². The normalized spacial score (nSPS) is 17.3. The zero-order valence-electron chi connectivity index (χ0n) is 12.3. The number of aliphatic carboxylic acids is 1. The Morgan fingerprint density at radius 3 is 2.68 bits per heavy atom. The second-order valence-corrected chi connectivity index (χ2v) is 5.86. The molecule has 0 radical (unpaired) electrons. The summed E-state index contributed by atoms with van der Waals surface area (Å²) in [6.45, 7) is 0.0303. The molecule has 0 aliphatic heterocycles. The summed E-state index contributed by atoms with van der Waals surface area (Å²) in [4.78, 5) is 23.9. The van der Waals surface area contributed by atoms with E-state index in [9.17, 15) is 14.7 Å². The molecule has 0 spiro atoms. The van der Waals surface area contributed by atoms with Crippen LogP contribution in [-0.4, -0.2) is 32.3 Å². The van der Waals surface area contributed by atoms with E-state index in [1.165, 1.54) is 0 Å². The molecule has 2 N–H and O–H groups in total. The number of hydrogen-bond acceptors (Lipinski definition) is 3. The number of benzene rings is 1. The number of para-hydroxylation sites is 1. The lowest BCUT2D eigenvalue weighted by Gasteiger charge is -2.33. The van der Waals surface area contributed by atoms with Gasteiger partial charge >= 0.3 is 5.97 Å². The minimum absolute atomic E-state index is 0.0303. The lowest BCUT2D eigenvalue weighted by molar-refractivity contribution is -0.149. The first kappa shape index (κ1) is 14.6. The number of hydrogen-bond donors (Lipinski definition) is 2. The minimum atomic E-state index is -1.11. The fraction of sp³-hybridized carbons (Fsp3) is 0.438. The highest BCUT2D eigenvalue weighted by atomic mass is 16.4. The second-order valence-electron chi connectivity index (χ2n) is 5.86. The molecule has 0 atom stereocenters. The molecule has 1 aliphatic carbocycles. The Balaban J connectivity index is 1.75. The van der Waals surface area contributed by atoms with Crippen molar-refractivity contribution in [2.75, 3.05) is 0 Å². The summed E-state index contributed by atoms with van der Waals surface area (Å²) in [5.74, 6) is -1.25. The first-order valence-corrected chi connectivity index (χ1v) is 7.56. The summed E-state index contributed by atoms with van der Waals surface area (Å²) < 4.78 is 1.60. The summed E-state index contributed by atoms with van der Waals surface area (Å²) in [5, 5.41) is 17.4. The highest BCUT2D eigenvalue weighted by Gasteiger charge is 2.40. The van der Waals surface area contributed by atoms with Crippen LogP contribution in [-0.2, 0) is 16.1 Å². The van der Waals surface area contributed by atoms with Crippen LogP contribution in [0.1, 0.15) is 32.1 Å². The van der Waals surface area contributed by atoms with E-state index in [1.807, 2.05) is 24.3 Å². The third-order valence-corrected chi connectivity index (χ3v) is 4.34. The molecule has 6 nitrogen and oxygen atoms in total. The Morgan fingerprint density at radius 2 is 1.95 bits per heavy atom. The zero-order chi connectivity index (χ0) is 15.6. The summed E-state index contributed by atoms with van der Waals surface area (Å²) in [7, 11) is 0. The van der Waals surface area contributed by atoms with E-state index >= 15 is 0 Å². The van der Waals surface area contributed by atoms with E-state index in [4.69, 9.17) is 0 Å². The van der Waals surface area contributed by atoms with Gasteiger partial charge < -0.3 is 10.4 Å². The number of rotatable bonds is 4. The van der Waals surface area contributed by atoms with Crippen molar-refractivity contribution < 1.29 is 14.7 Å². The fourth-order valence-corrected chi connectivity index (χ4v) is 3.14. The van der Waals surface area contributed by atoms with Gasteiger partial charge in [0.15, 0.2) is 0 Å². The standard InChI is InChI=1S/C16H19N3O3/c20-14(18-16(15(21)22)8-4-1-5-9-16)11-19-13-7-3-2-6-12(13)10-17-19/h2-3,6-7,10H,1,4-5,8-9,11H2,(H,18,20)(H,21,22). The van der Waals surface area contributed by atoms with Gasteiger partial charge in [0, 0.05) is 5.39 Å². The van der Waals surface area contributed by atoms with Crippen molar-refractivity contribution in [3.63, 3.8) is 0 Å². The van der Waals surface area contributed by atoms with Crippen LogP contribution in [0.15, 0.2) is 30.5 Å². The monoisotopic (exact) mass is 301 g/mol. The van der Waals surface area contributed by atoms with Crippen LogP contribution in [0.5, 0.6) is 0 Å². The number of carboxylic acids is 1. The van der Waals surface area contributed by atoms with Gasteiger partial charge in [-0.2, -0.15) is 5.10 Å². The molecule has 1 aromatic carbocycles. The Bertz CT molecular complexity index is 701. The largest absolute Gasteiger partial charge is 0.480 e. The maximum atomic E-state index is 12.3. The molecule has 116 valence electrons. The second kappa shape index (κ2) is 5.79. The third kappa shape index (κ3) is 2.68. The maximum Gasteiger partial charge on any atom is 0.329 e. The van der Waals surface area contributed by atoms with Gasteiger partial charge in [0.25, 0.3) is 0 Å². The molecule has 2 aromatic rings. The molecule has 3 rings (SSSR count). The van der Waals surface area contributed by atoms with Gasteiger partial charge in [0.05, 0.1) is 11.7 Å². The molecule has 1 heterocycles. The van der Waals surface area contributed by atoms with E-state index in [0.29, 0.717) is 12.8 Å². The van der Waals surface area contributed by atoms with E-state index in [0.717, 1.165) is 30.2 Å². The minimum Gasteiger partial charge on any atom is -0.480 e. The van der Waals surface area contributed by atoms with E-state index < -0.39 is 11.5 Å². The predicted octanol–water partition coefficient (Wildman–Crippen LogP) is 1.94. The van der Waals surface area contributed by atoms with Gasteiger partial charge in [-0.15, -0.1) is 0 Å².